The Morgan fingerprint density at radius 2 is 0.969 bits per heavy atom. The van der Waals surface area contributed by atoms with Gasteiger partial charge in [-0.15, -0.1) is 0 Å². The molecule has 4 aromatic heterocycles. The van der Waals surface area contributed by atoms with Crippen molar-refractivity contribution in [1.82, 2.24) is 18.8 Å². The van der Waals surface area contributed by atoms with Crippen LogP contribution in [0.2, 0.25) is 0 Å². The number of thioether (sulfide) groups is 2. The number of carboxylic acids is 2. The number of carbonyl (C=O) groups excluding carboxylic acids is 2. The third kappa shape index (κ3) is 14.5. The van der Waals surface area contributed by atoms with E-state index >= 15 is 0 Å². The molecule has 0 radical (unpaired) electrons. The molecule has 0 atom stereocenters. The molecule has 0 bridgehead atoms. The molecular weight excluding hydrogens is 857 g/mol. The van der Waals surface area contributed by atoms with E-state index in [4.69, 9.17) is 19.7 Å². The summed E-state index contributed by atoms with van der Waals surface area (Å²) in [4.78, 5) is 52.6. The first-order valence-corrected chi connectivity index (χ1v) is 23.0. The fourth-order valence-electron chi connectivity index (χ4n) is 6.22. The highest BCUT2D eigenvalue weighted by Crippen LogP contribution is 2.26. The van der Waals surface area contributed by atoms with Gasteiger partial charge in [0.25, 0.3) is 0 Å². The third-order valence-electron chi connectivity index (χ3n) is 9.87. The summed E-state index contributed by atoms with van der Waals surface area (Å²) in [6.07, 6.45) is 8.25. The molecule has 0 unspecified atom stereocenters. The van der Waals surface area contributed by atoms with Gasteiger partial charge in [0, 0.05) is 71.9 Å². The van der Waals surface area contributed by atoms with Crippen LogP contribution in [0, 0.1) is 41.5 Å². The molecule has 0 saturated carbocycles. The van der Waals surface area contributed by atoms with Crippen molar-refractivity contribution in [1.29, 1.82) is 0 Å². The number of nitrogens with zero attached hydrogens (tertiary/aromatic N) is 4. The maximum absolute atomic E-state index is 12.1. The van der Waals surface area contributed by atoms with Crippen LogP contribution in [0.1, 0.15) is 45.0 Å². The quantitative estimate of drug-likeness (QED) is 0.0395. The molecular formula is C46H56N8O8S2. The summed E-state index contributed by atoms with van der Waals surface area (Å²) in [5.74, 6) is -0.953. The number of aryl methyl sites for hydroxylation is 6. The Kier molecular flexibility index (Phi) is 19.4. The molecule has 2 aromatic carbocycles. The van der Waals surface area contributed by atoms with Crippen molar-refractivity contribution in [2.75, 3.05) is 58.5 Å². The largest absolute Gasteiger partial charge is 0.478 e. The number of ether oxygens (including phenoxy) is 2. The molecule has 18 heteroatoms. The molecule has 64 heavy (non-hydrogen) atoms. The van der Waals surface area contributed by atoms with Gasteiger partial charge in [-0.3, -0.25) is 10.6 Å². The molecule has 2 amide bonds. The highest BCUT2D eigenvalue weighted by Gasteiger charge is 2.14. The lowest BCUT2D eigenvalue weighted by Crippen LogP contribution is -2.17. The van der Waals surface area contributed by atoms with E-state index in [1.807, 2.05) is 113 Å². The van der Waals surface area contributed by atoms with E-state index in [0.717, 1.165) is 90.6 Å². The van der Waals surface area contributed by atoms with E-state index in [2.05, 4.69) is 53.9 Å². The number of carboxylic acid groups (broad SMARTS) is 2. The van der Waals surface area contributed by atoms with Crippen LogP contribution in [0.4, 0.5) is 32.3 Å². The number of aliphatic carboxylic acids is 2. The van der Waals surface area contributed by atoms with E-state index in [9.17, 15) is 19.2 Å². The van der Waals surface area contributed by atoms with Crippen molar-refractivity contribution in [3.05, 3.63) is 130 Å². The molecule has 6 N–H and O–H groups in total. The summed E-state index contributed by atoms with van der Waals surface area (Å²) in [6.45, 7) is 14.1. The fraction of sp³-hybridized carbons (Fsp3) is 0.304. The first-order chi connectivity index (χ1) is 30.6. The van der Waals surface area contributed by atoms with Gasteiger partial charge in [0.2, 0.25) is 0 Å². The number of imidazole rings is 2. The second kappa shape index (κ2) is 24.8. The summed E-state index contributed by atoms with van der Waals surface area (Å²) < 4.78 is 14.6. The lowest BCUT2D eigenvalue weighted by molar-refractivity contribution is -0.134. The van der Waals surface area contributed by atoms with Gasteiger partial charge < -0.3 is 39.1 Å². The number of hydrogen-bond donors (Lipinski definition) is 6. The predicted molar refractivity (Wildman–Crippen MR) is 257 cm³/mol. The summed E-state index contributed by atoms with van der Waals surface area (Å²) in [5, 5.41) is 28.3. The van der Waals surface area contributed by atoms with Crippen LogP contribution in [0.25, 0.3) is 11.3 Å². The van der Waals surface area contributed by atoms with Gasteiger partial charge in [0.1, 0.15) is 13.2 Å². The van der Waals surface area contributed by atoms with Crippen LogP contribution in [0.5, 0.6) is 0 Å². The second-order valence-corrected chi connectivity index (χ2v) is 16.2. The van der Waals surface area contributed by atoms with Crippen LogP contribution in [-0.2, 0) is 32.2 Å². The van der Waals surface area contributed by atoms with Gasteiger partial charge in [-0.05, 0) is 113 Å². The average Bonchev–Trinajstić information content (AvgIpc) is 3.72. The number of amides is 2. The van der Waals surface area contributed by atoms with Crippen LogP contribution in [0.3, 0.4) is 0 Å². The number of carbonyl (C=O) groups is 4. The van der Waals surface area contributed by atoms with Crippen molar-refractivity contribution in [2.45, 2.75) is 54.6 Å². The van der Waals surface area contributed by atoms with Crippen LogP contribution >= 0.6 is 23.5 Å². The van der Waals surface area contributed by atoms with Gasteiger partial charge in [0.05, 0.1) is 22.8 Å². The topological polar surface area (TPSA) is 210 Å². The van der Waals surface area contributed by atoms with Crippen LogP contribution in [0.15, 0.2) is 85.2 Å². The average molecular weight is 913 g/mol. The highest BCUT2D eigenvalue weighted by molar-refractivity contribution is 7.98. The van der Waals surface area contributed by atoms with Crippen molar-refractivity contribution >= 4 is 81.7 Å². The normalized spacial score (nSPS) is 10.7. The van der Waals surface area contributed by atoms with Gasteiger partial charge in [0.15, 0.2) is 11.3 Å². The number of fused-ring (bicyclic) bond motifs is 2. The van der Waals surface area contributed by atoms with Gasteiger partial charge in [-0.2, -0.15) is 23.5 Å². The monoisotopic (exact) mass is 912 g/mol. The van der Waals surface area contributed by atoms with Gasteiger partial charge in [-0.1, -0.05) is 24.3 Å². The molecule has 6 rings (SSSR count). The Morgan fingerprint density at radius 3 is 1.33 bits per heavy atom. The number of aromatic nitrogens is 4. The molecule has 0 aliphatic rings. The maximum Gasteiger partial charge on any atom is 0.411 e. The summed E-state index contributed by atoms with van der Waals surface area (Å²) >= 11 is 3.28. The minimum absolute atomic E-state index is 0.396. The Labute approximate surface area is 381 Å². The van der Waals surface area contributed by atoms with Crippen molar-refractivity contribution in [3.8, 4) is 0 Å². The standard InChI is InChI=1S/2C21H26N4O2S.C4H4O4/c2*1-14-7-5-8-18(24-21(26)27-11-12-28-4)17(14)13-22-19-9-6-10-25-16(3)15(2)23-20(19)25;5-3(6)1-2-4(7)8/h2*5-10,22H,11-13H2,1-4H3,(H,24,26);1-2H,(H,5,6)(H,7,8)/b;;2-1+. The molecule has 0 aliphatic heterocycles. The fourth-order valence-corrected chi connectivity index (χ4v) is 6.72. The minimum atomic E-state index is -1.26. The first kappa shape index (κ1) is 50.0. The zero-order chi connectivity index (χ0) is 46.8. The van der Waals surface area contributed by atoms with E-state index < -0.39 is 24.1 Å². The van der Waals surface area contributed by atoms with Crippen molar-refractivity contribution in [2.24, 2.45) is 0 Å². The first-order valence-electron chi connectivity index (χ1n) is 20.2. The maximum atomic E-state index is 12.1. The Bertz CT molecular complexity index is 2410. The molecule has 16 nitrogen and oxygen atoms in total. The summed E-state index contributed by atoms with van der Waals surface area (Å²) in [6, 6.07) is 19.8. The summed E-state index contributed by atoms with van der Waals surface area (Å²) in [7, 11) is 0. The number of benzene rings is 2. The van der Waals surface area contributed by atoms with Gasteiger partial charge in [-0.25, -0.2) is 29.1 Å². The zero-order valence-electron chi connectivity index (χ0n) is 37.3. The molecule has 0 fully saturated rings. The number of anilines is 4. The Morgan fingerprint density at radius 1 is 0.594 bits per heavy atom. The smallest absolute Gasteiger partial charge is 0.411 e. The lowest BCUT2D eigenvalue weighted by Gasteiger charge is -2.15. The zero-order valence-corrected chi connectivity index (χ0v) is 38.9. The molecule has 340 valence electrons. The van der Waals surface area contributed by atoms with Gasteiger partial charge >= 0.3 is 24.1 Å². The molecule has 6 aromatic rings. The van der Waals surface area contributed by atoms with Crippen LogP contribution in [-0.4, -0.2) is 90.3 Å². The number of hydrogen-bond acceptors (Lipinski definition) is 12. The number of pyridine rings is 2. The van der Waals surface area contributed by atoms with Crippen molar-refractivity contribution < 1.29 is 38.9 Å². The number of nitrogens with one attached hydrogen (secondary N) is 4. The lowest BCUT2D eigenvalue weighted by atomic mass is 10.1. The van der Waals surface area contributed by atoms with E-state index in [1.165, 1.54) is 0 Å². The third-order valence-corrected chi connectivity index (χ3v) is 11.0. The number of rotatable bonds is 16. The van der Waals surface area contributed by atoms with Crippen molar-refractivity contribution in [3.63, 3.8) is 0 Å². The minimum Gasteiger partial charge on any atom is -0.478 e. The van der Waals surface area contributed by atoms with E-state index in [0.29, 0.717) is 38.5 Å². The molecule has 0 spiro atoms. The van der Waals surface area contributed by atoms with E-state index in [1.54, 1.807) is 23.5 Å². The van der Waals surface area contributed by atoms with E-state index in [-0.39, 0.29) is 0 Å². The van der Waals surface area contributed by atoms with Crippen LogP contribution < -0.4 is 21.3 Å². The second-order valence-electron chi connectivity index (χ2n) is 14.2. The molecule has 0 aliphatic carbocycles. The SMILES string of the molecule is CSCCOC(=O)Nc1cccc(C)c1CNc1cccn2c(C)c(C)nc12.CSCCOC(=O)Nc1cccc(C)c1CNc1cccn2c(C)c(C)nc12.O=C(O)/C=C/C(=O)O. The summed E-state index contributed by atoms with van der Waals surface area (Å²) in [5.41, 5.74) is 13.7. The Balaban J connectivity index is 0.000000240. The Hall–Kier alpha value is -6.66. The highest BCUT2D eigenvalue weighted by atomic mass is 32.2. The molecule has 0 saturated heterocycles. The molecule has 4 heterocycles. The predicted octanol–water partition coefficient (Wildman–Crippen LogP) is 9.28.